The highest BCUT2D eigenvalue weighted by Gasteiger charge is 2.21. The highest BCUT2D eigenvalue weighted by Crippen LogP contribution is 2.23. The van der Waals surface area contributed by atoms with E-state index in [-0.39, 0.29) is 36.4 Å². The highest BCUT2D eigenvalue weighted by molar-refractivity contribution is 14.0. The number of carbonyl (C=O) groups excluding carboxylic acids is 1. The van der Waals surface area contributed by atoms with Crippen LogP contribution in [0.5, 0.6) is 0 Å². The second kappa shape index (κ2) is 11.1. The second-order valence-electron chi connectivity index (χ2n) is 6.24. The fourth-order valence-corrected chi connectivity index (χ4v) is 4.00. The molecule has 1 aromatic heterocycles. The summed E-state index contributed by atoms with van der Waals surface area (Å²) < 4.78 is 5.35. The van der Waals surface area contributed by atoms with Crippen LogP contribution in [0.2, 0.25) is 0 Å². The number of carbonyl (C=O) groups is 1. The number of rotatable bonds is 5. The minimum Gasteiger partial charge on any atom is -0.379 e. The van der Waals surface area contributed by atoms with Crippen molar-refractivity contribution in [2.75, 3.05) is 59.5 Å². The van der Waals surface area contributed by atoms with Crippen LogP contribution >= 0.6 is 35.3 Å². The van der Waals surface area contributed by atoms with Crippen LogP contribution in [0.1, 0.15) is 10.4 Å². The largest absolute Gasteiger partial charge is 0.379 e. The zero-order chi connectivity index (χ0) is 17.5. The number of nitrogens with one attached hydrogen (secondary N) is 2. The van der Waals surface area contributed by atoms with Gasteiger partial charge in [0.2, 0.25) is 5.91 Å². The van der Waals surface area contributed by atoms with Gasteiger partial charge in [0.1, 0.15) is 0 Å². The first-order chi connectivity index (χ1) is 12.3. The van der Waals surface area contributed by atoms with Crippen molar-refractivity contribution >= 4 is 47.2 Å². The number of thiophene rings is 1. The van der Waals surface area contributed by atoms with Gasteiger partial charge in [-0.05, 0) is 23.4 Å². The van der Waals surface area contributed by atoms with Gasteiger partial charge in [-0.25, -0.2) is 0 Å². The predicted octanol–water partition coefficient (Wildman–Crippen LogP) is 0.748. The average Bonchev–Trinajstić information content (AvgIpc) is 3.13. The molecule has 7 nitrogen and oxygen atoms in total. The SMILES string of the molecule is CN=C(NCCN1CCOCC1)NCC(=O)N1CCc2sccc2C1.I. The topological polar surface area (TPSA) is 69.2 Å². The number of hydrogen-bond acceptors (Lipinski definition) is 5. The Balaban J connectivity index is 0.00000243. The molecule has 146 valence electrons. The van der Waals surface area contributed by atoms with Gasteiger partial charge in [0.25, 0.3) is 0 Å². The lowest BCUT2D eigenvalue weighted by Gasteiger charge is -2.28. The summed E-state index contributed by atoms with van der Waals surface area (Å²) in [6, 6.07) is 2.12. The smallest absolute Gasteiger partial charge is 0.242 e. The van der Waals surface area contributed by atoms with E-state index in [1.165, 1.54) is 10.4 Å². The Labute approximate surface area is 176 Å². The van der Waals surface area contributed by atoms with Crippen molar-refractivity contribution < 1.29 is 9.53 Å². The van der Waals surface area contributed by atoms with E-state index in [0.29, 0.717) is 5.96 Å². The van der Waals surface area contributed by atoms with E-state index in [2.05, 4.69) is 32.0 Å². The molecule has 0 unspecified atom stereocenters. The zero-order valence-electron chi connectivity index (χ0n) is 15.2. The number of aliphatic imine (C=N–C) groups is 1. The first kappa shape index (κ1) is 21.4. The van der Waals surface area contributed by atoms with Crippen molar-refractivity contribution in [1.82, 2.24) is 20.4 Å². The standard InChI is InChI=1S/C17H27N5O2S.HI/c1-18-17(19-4-6-21-7-9-24-10-8-21)20-12-16(23)22-5-2-15-14(13-22)3-11-25-15;/h3,11H,2,4-10,12-13H2,1H3,(H2,18,19,20);1H. The summed E-state index contributed by atoms with van der Waals surface area (Å²) in [5, 5.41) is 8.51. The summed E-state index contributed by atoms with van der Waals surface area (Å²) in [6.07, 6.45) is 0.964. The quantitative estimate of drug-likeness (QED) is 0.360. The van der Waals surface area contributed by atoms with E-state index in [9.17, 15) is 4.79 Å². The lowest BCUT2D eigenvalue weighted by atomic mass is 10.1. The molecule has 9 heteroatoms. The molecule has 26 heavy (non-hydrogen) atoms. The van der Waals surface area contributed by atoms with Gasteiger partial charge >= 0.3 is 0 Å². The molecule has 3 heterocycles. The molecule has 1 saturated heterocycles. The number of ether oxygens (including phenoxy) is 1. The van der Waals surface area contributed by atoms with Crippen LogP contribution in [-0.4, -0.2) is 81.2 Å². The van der Waals surface area contributed by atoms with Gasteiger partial charge in [0, 0.05) is 51.2 Å². The molecule has 1 amide bonds. The van der Waals surface area contributed by atoms with Crippen molar-refractivity contribution in [3.63, 3.8) is 0 Å². The van der Waals surface area contributed by atoms with E-state index >= 15 is 0 Å². The Morgan fingerprint density at radius 3 is 2.88 bits per heavy atom. The highest BCUT2D eigenvalue weighted by atomic mass is 127. The van der Waals surface area contributed by atoms with Gasteiger partial charge in [-0.2, -0.15) is 0 Å². The molecule has 0 radical (unpaired) electrons. The molecule has 0 aliphatic carbocycles. The lowest BCUT2D eigenvalue weighted by molar-refractivity contribution is -0.130. The van der Waals surface area contributed by atoms with Crippen molar-refractivity contribution in [3.05, 3.63) is 21.9 Å². The lowest BCUT2D eigenvalue weighted by Crippen LogP contribution is -2.47. The normalized spacial score (nSPS) is 18.0. The van der Waals surface area contributed by atoms with Crippen molar-refractivity contribution in [2.45, 2.75) is 13.0 Å². The summed E-state index contributed by atoms with van der Waals surface area (Å²) in [5.41, 5.74) is 1.29. The van der Waals surface area contributed by atoms with Crippen LogP contribution in [0.3, 0.4) is 0 Å². The predicted molar refractivity (Wildman–Crippen MR) is 115 cm³/mol. The maximum Gasteiger partial charge on any atom is 0.242 e. The number of fused-ring (bicyclic) bond motifs is 1. The maximum absolute atomic E-state index is 12.4. The van der Waals surface area contributed by atoms with Crippen molar-refractivity contribution in [3.8, 4) is 0 Å². The van der Waals surface area contributed by atoms with E-state index in [1.807, 2.05) is 4.90 Å². The summed E-state index contributed by atoms with van der Waals surface area (Å²) in [5.74, 6) is 0.794. The molecule has 0 atom stereocenters. The van der Waals surface area contributed by atoms with Crippen LogP contribution in [-0.2, 0) is 22.5 Å². The van der Waals surface area contributed by atoms with Gasteiger partial charge in [-0.3, -0.25) is 14.7 Å². The fraction of sp³-hybridized carbons (Fsp3) is 0.647. The Kier molecular flexibility index (Phi) is 9.09. The van der Waals surface area contributed by atoms with Gasteiger partial charge in [-0.1, -0.05) is 0 Å². The maximum atomic E-state index is 12.4. The zero-order valence-corrected chi connectivity index (χ0v) is 18.3. The van der Waals surface area contributed by atoms with Crippen LogP contribution in [0.4, 0.5) is 0 Å². The minimum absolute atomic E-state index is 0. The second-order valence-corrected chi connectivity index (χ2v) is 7.24. The molecule has 0 saturated carbocycles. The molecule has 0 bridgehead atoms. The molecule has 1 aromatic rings. The molecule has 2 aliphatic heterocycles. The molecule has 3 rings (SSSR count). The molecular formula is C17H28IN5O2S. The Morgan fingerprint density at radius 2 is 2.12 bits per heavy atom. The van der Waals surface area contributed by atoms with E-state index in [0.717, 1.165) is 58.9 Å². The summed E-state index contributed by atoms with van der Waals surface area (Å²) in [7, 11) is 1.73. The third-order valence-corrected chi connectivity index (χ3v) is 5.64. The number of hydrogen-bond donors (Lipinski definition) is 2. The summed E-state index contributed by atoms with van der Waals surface area (Å²) in [6.45, 7) is 7.13. The molecule has 0 aromatic carbocycles. The van der Waals surface area contributed by atoms with E-state index in [4.69, 9.17) is 4.74 Å². The number of halogens is 1. The third kappa shape index (κ3) is 6.07. The van der Waals surface area contributed by atoms with Gasteiger partial charge in [0.05, 0.1) is 19.8 Å². The number of nitrogens with zero attached hydrogens (tertiary/aromatic N) is 3. The monoisotopic (exact) mass is 493 g/mol. The Morgan fingerprint density at radius 1 is 1.31 bits per heavy atom. The van der Waals surface area contributed by atoms with Crippen molar-refractivity contribution in [2.24, 2.45) is 4.99 Å². The third-order valence-electron chi connectivity index (χ3n) is 4.62. The number of amides is 1. The van der Waals surface area contributed by atoms with E-state index < -0.39 is 0 Å². The summed E-state index contributed by atoms with van der Waals surface area (Å²) >= 11 is 1.79. The van der Waals surface area contributed by atoms with Gasteiger partial charge in [0.15, 0.2) is 5.96 Å². The minimum atomic E-state index is 0. The Bertz CT molecular complexity index is 604. The molecular weight excluding hydrogens is 465 g/mol. The average molecular weight is 493 g/mol. The van der Waals surface area contributed by atoms with Crippen LogP contribution in [0.25, 0.3) is 0 Å². The van der Waals surface area contributed by atoms with Crippen molar-refractivity contribution in [1.29, 1.82) is 0 Å². The van der Waals surface area contributed by atoms with Gasteiger partial charge in [-0.15, -0.1) is 35.3 Å². The molecule has 0 spiro atoms. The fourth-order valence-electron chi connectivity index (χ4n) is 3.11. The number of morpholine rings is 1. The van der Waals surface area contributed by atoms with Crippen LogP contribution < -0.4 is 10.6 Å². The molecule has 1 fully saturated rings. The number of guanidine groups is 1. The molecule has 2 aliphatic rings. The van der Waals surface area contributed by atoms with Gasteiger partial charge < -0.3 is 20.3 Å². The first-order valence-electron chi connectivity index (χ1n) is 8.84. The van der Waals surface area contributed by atoms with E-state index in [1.54, 1.807) is 18.4 Å². The summed E-state index contributed by atoms with van der Waals surface area (Å²) in [4.78, 5) is 22.3. The van der Waals surface area contributed by atoms with Crippen LogP contribution in [0.15, 0.2) is 16.4 Å². The first-order valence-corrected chi connectivity index (χ1v) is 9.72. The Hall–Kier alpha value is -0.910. The molecule has 2 N–H and O–H groups in total. The van der Waals surface area contributed by atoms with Crippen LogP contribution in [0, 0.1) is 0 Å².